The molecule has 17 heavy (non-hydrogen) atoms. The first-order valence-electron chi connectivity index (χ1n) is 6.09. The molecule has 0 aliphatic carbocycles. The molecule has 0 atom stereocenters. The lowest BCUT2D eigenvalue weighted by Gasteiger charge is -2.30. The molecule has 0 saturated heterocycles. The van der Waals surface area contributed by atoms with Gasteiger partial charge in [-0.2, -0.15) is 11.3 Å². The number of carbonyl (C=O) groups excluding carboxylic acids is 1. The van der Waals surface area contributed by atoms with Gasteiger partial charge in [0, 0.05) is 18.5 Å². The van der Waals surface area contributed by atoms with Crippen molar-refractivity contribution in [2.75, 3.05) is 12.4 Å². The number of halogens is 1. The molecule has 2 nitrogen and oxygen atoms in total. The monoisotopic (exact) mass is 273 g/mol. The summed E-state index contributed by atoms with van der Waals surface area (Å²) in [4.78, 5) is 14.2. The first-order valence-corrected chi connectivity index (χ1v) is 7.57. The van der Waals surface area contributed by atoms with Gasteiger partial charge in [0.2, 0.25) is 5.91 Å². The standard InChI is InChI=1S/C13H20ClNOS/c1-3-12(4-2)15(7-6-14)13(16)9-11-5-8-17-10-11/h5,8,10,12H,3-4,6-7,9H2,1-2H3. The molecule has 1 aromatic heterocycles. The molecule has 0 aliphatic rings. The van der Waals surface area contributed by atoms with E-state index in [9.17, 15) is 4.79 Å². The van der Waals surface area contributed by atoms with E-state index in [1.54, 1.807) is 11.3 Å². The SMILES string of the molecule is CCC(CC)N(CCCl)C(=O)Cc1ccsc1. The van der Waals surface area contributed by atoms with E-state index in [2.05, 4.69) is 13.8 Å². The summed E-state index contributed by atoms with van der Waals surface area (Å²) in [5.74, 6) is 0.698. The highest BCUT2D eigenvalue weighted by atomic mass is 35.5. The lowest BCUT2D eigenvalue weighted by atomic mass is 10.1. The summed E-state index contributed by atoms with van der Waals surface area (Å²) >= 11 is 7.42. The molecular weight excluding hydrogens is 254 g/mol. The molecule has 0 radical (unpaired) electrons. The Hall–Kier alpha value is -0.540. The first kappa shape index (κ1) is 14.5. The van der Waals surface area contributed by atoms with Gasteiger partial charge < -0.3 is 4.90 Å². The lowest BCUT2D eigenvalue weighted by molar-refractivity contribution is -0.132. The molecule has 0 spiro atoms. The van der Waals surface area contributed by atoms with E-state index >= 15 is 0 Å². The number of hydrogen-bond acceptors (Lipinski definition) is 2. The minimum Gasteiger partial charge on any atom is -0.338 e. The van der Waals surface area contributed by atoms with Crippen LogP contribution in [0.4, 0.5) is 0 Å². The van der Waals surface area contributed by atoms with Crippen molar-refractivity contribution in [1.29, 1.82) is 0 Å². The van der Waals surface area contributed by atoms with Gasteiger partial charge in [-0.3, -0.25) is 4.79 Å². The van der Waals surface area contributed by atoms with Crippen LogP contribution in [0.2, 0.25) is 0 Å². The van der Waals surface area contributed by atoms with Crippen molar-refractivity contribution in [3.05, 3.63) is 22.4 Å². The Morgan fingerprint density at radius 3 is 2.65 bits per heavy atom. The molecule has 1 rings (SSSR count). The summed E-state index contributed by atoms with van der Waals surface area (Å²) in [5.41, 5.74) is 1.10. The van der Waals surface area contributed by atoms with E-state index < -0.39 is 0 Å². The zero-order chi connectivity index (χ0) is 12.7. The smallest absolute Gasteiger partial charge is 0.227 e. The number of alkyl halides is 1. The minimum atomic E-state index is 0.192. The summed E-state index contributed by atoms with van der Waals surface area (Å²) in [6.45, 7) is 4.89. The first-order chi connectivity index (χ1) is 8.22. The number of hydrogen-bond donors (Lipinski definition) is 0. The zero-order valence-corrected chi connectivity index (χ0v) is 12.1. The van der Waals surface area contributed by atoms with Gasteiger partial charge in [0.1, 0.15) is 0 Å². The van der Waals surface area contributed by atoms with Crippen LogP contribution in [-0.2, 0) is 11.2 Å². The van der Waals surface area contributed by atoms with Gasteiger partial charge in [0.15, 0.2) is 0 Å². The van der Waals surface area contributed by atoms with Crippen LogP contribution in [0.3, 0.4) is 0 Å². The van der Waals surface area contributed by atoms with Crippen molar-refractivity contribution < 1.29 is 4.79 Å². The molecule has 96 valence electrons. The number of carbonyl (C=O) groups is 1. The highest BCUT2D eigenvalue weighted by Gasteiger charge is 2.20. The molecule has 0 saturated carbocycles. The molecular formula is C13H20ClNOS. The van der Waals surface area contributed by atoms with Crippen molar-refractivity contribution >= 4 is 28.8 Å². The predicted molar refractivity (Wildman–Crippen MR) is 74.8 cm³/mol. The topological polar surface area (TPSA) is 20.3 Å². The minimum absolute atomic E-state index is 0.192. The molecule has 0 aromatic carbocycles. The van der Waals surface area contributed by atoms with E-state index in [1.807, 2.05) is 21.7 Å². The van der Waals surface area contributed by atoms with Crippen molar-refractivity contribution in [2.45, 2.75) is 39.2 Å². The molecule has 1 heterocycles. The quantitative estimate of drug-likeness (QED) is 0.696. The Morgan fingerprint density at radius 1 is 1.47 bits per heavy atom. The Morgan fingerprint density at radius 2 is 2.18 bits per heavy atom. The van der Waals surface area contributed by atoms with Crippen LogP contribution >= 0.6 is 22.9 Å². The lowest BCUT2D eigenvalue weighted by Crippen LogP contribution is -2.41. The molecule has 0 aliphatic heterocycles. The molecule has 0 bridgehead atoms. The van der Waals surface area contributed by atoms with E-state index in [4.69, 9.17) is 11.6 Å². The van der Waals surface area contributed by atoms with Crippen LogP contribution in [0.5, 0.6) is 0 Å². The second-order valence-electron chi connectivity index (χ2n) is 4.05. The van der Waals surface area contributed by atoms with Gasteiger partial charge in [-0.15, -0.1) is 11.6 Å². The maximum absolute atomic E-state index is 12.2. The van der Waals surface area contributed by atoms with Crippen LogP contribution in [-0.4, -0.2) is 29.3 Å². The maximum atomic E-state index is 12.2. The highest BCUT2D eigenvalue weighted by Crippen LogP contribution is 2.13. The fourth-order valence-corrected chi connectivity index (χ4v) is 2.85. The second-order valence-corrected chi connectivity index (χ2v) is 5.21. The normalized spacial score (nSPS) is 10.8. The Kier molecular flexibility index (Phi) is 6.60. The van der Waals surface area contributed by atoms with Gasteiger partial charge >= 0.3 is 0 Å². The van der Waals surface area contributed by atoms with Crippen LogP contribution in [0.15, 0.2) is 16.8 Å². The zero-order valence-electron chi connectivity index (χ0n) is 10.5. The van der Waals surface area contributed by atoms with Crippen LogP contribution in [0.25, 0.3) is 0 Å². The third-order valence-corrected chi connectivity index (χ3v) is 3.87. The Balaban J connectivity index is 2.65. The van der Waals surface area contributed by atoms with Crippen molar-refractivity contribution in [2.24, 2.45) is 0 Å². The van der Waals surface area contributed by atoms with E-state index in [1.165, 1.54) is 0 Å². The average Bonchev–Trinajstić information content (AvgIpc) is 2.82. The van der Waals surface area contributed by atoms with Gasteiger partial charge in [0.25, 0.3) is 0 Å². The van der Waals surface area contributed by atoms with Gasteiger partial charge in [-0.1, -0.05) is 13.8 Å². The van der Waals surface area contributed by atoms with Gasteiger partial charge in [-0.05, 0) is 35.2 Å². The number of rotatable bonds is 7. The van der Waals surface area contributed by atoms with E-state index in [0.29, 0.717) is 24.9 Å². The molecule has 0 fully saturated rings. The fraction of sp³-hybridized carbons (Fsp3) is 0.615. The van der Waals surface area contributed by atoms with Crippen LogP contribution in [0, 0.1) is 0 Å². The summed E-state index contributed by atoms with van der Waals surface area (Å²) in [6.07, 6.45) is 2.47. The van der Waals surface area contributed by atoms with Gasteiger partial charge in [-0.25, -0.2) is 0 Å². The summed E-state index contributed by atoms with van der Waals surface area (Å²) < 4.78 is 0. The number of amides is 1. The molecule has 0 unspecified atom stereocenters. The van der Waals surface area contributed by atoms with Crippen molar-refractivity contribution in [3.63, 3.8) is 0 Å². The average molecular weight is 274 g/mol. The van der Waals surface area contributed by atoms with Gasteiger partial charge in [0.05, 0.1) is 6.42 Å². The Labute approximate surface area is 113 Å². The summed E-state index contributed by atoms with van der Waals surface area (Å²) in [5, 5.41) is 4.04. The molecule has 0 N–H and O–H groups in total. The van der Waals surface area contributed by atoms with Crippen molar-refractivity contribution in [3.8, 4) is 0 Å². The third-order valence-electron chi connectivity index (χ3n) is 2.96. The van der Waals surface area contributed by atoms with E-state index in [-0.39, 0.29) is 5.91 Å². The molecule has 4 heteroatoms. The third kappa shape index (κ3) is 4.32. The summed E-state index contributed by atoms with van der Waals surface area (Å²) in [6, 6.07) is 2.33. The predicted octanol–water partition coefficient (Wildman–Crippen LogP) is 3.55. The fourth-order valence-electron chi connectivity index (χ4n) is 2.00. The Bertz CT molecular complexity index is 322. The molecule has 1 aromatic rings. The molecule has 1 amide bonds. The second kappa shape index (κ2) is 7.72. The van der Waals surface area contributed by atoms with Crippen molar-refractivity contribution in [1.82, 2.24) is 4.90 Å². The van der Waals surface area contributed by atoms with Crippen LogP contribution < -0.4 is 0 Å². The maximum Gasteiger partial charge on any atom is 0.227 e. The van der Waals surface area contributed by atoms with E-state index in [0.717, 1.165) is 18.4 Å². The largest absolute Gasteiger partial charge is 0.338 e. The number of nitrogens with zero attached hydrogens (tertiary/aromatic N) is 1. The highest BCUT2D eigenvalue weighted by molar-refractivity contribution is 7.07. The van der Waals surface area contributed by atoms with Crippen LogP contribution in [0.1, 0.15) is 32.3 Å². The number of thiophene rings is 1. The summed E-state index contributed by atoms with van der Waals surface area (Å²) in [7, 11) is 0.